The second-order valence-electron chi connectivity index (χ2n) is 4.83. The summed E-state index contributed by atoms with van der Waals surface area (Å²) in [6.07, 6.45) is 4.73. The van der Waals surface area contributed by atoms with E-state index in [-0.39, 0.29) is 5.82 Å². The maximum atomic E-state index is 13.7. The molecule has 0 radical (unpaired) electrons. The highest BCUT2D eigenvalue weighted by Gasteiger charge is 2.10. The van der Waals surface area contributed by atoms with Gasteiger partial charge in [0.1, 0.15) is 5.82 Å². The van der Waals surface area contributed by atoms with Crippen LogP contribution in [0.1, 0.15) is 5.56 Å². The third-order valence-electron chi connectivity index (χ3n) is 3.19. The Kier molecular flexibility index (Phi) is 5.90. The number of rotatable bonds is 7. The van der Waals surface area contributed by atoms with Gasteiger partial charge < -0.3 is 10.8 Å². The van der Waals surface area contributed by atoms with Gasteiger partial charge in [-0.25, -0.2) is 4.39 Å². The molecule has 2 rings (SSSR count). The Balaban J connectivity index is 2.45. The zero-order valence-corrected chi connectivity index (χ0v) is 13.0. The van der Waals surface area contributed by atoms with Gasteiger partial charge in [0, 0.05) is 18.0 Å². The first-order valence-corrected chi connectivity index (χ1v) is 7.12. The van der Waals surface area contributed by atoms with Gasteiger partial charge in [-0.15, -0.1) is 0 Å². The molecule has 0 aliphatic heterocycles. The first-order valence-electron chi connectivity index (χ1n) is 7.12. The lowest BCUT2D eigenvalue weighted by Gasteiger charge is -2.13. The standard InChI is InChI=1S/C17H17FN6/c1-12-2-4-14(23-21-8-6-19)11-15(12)16-10-13(18)3-5-17(16)24-22-9-7-20/h2-11,19-20,23-24H,1H3/b19-6?,20-7?,21-8-,22-9-. The summed E-state index contributed by atoms with van der Waals surface area (Å²) in [6, 6.07) is 9.95. The van der Waals surface area contributed by atoms with Crippen molar-refractivity contribution < 1.29 is 4.39 Å². The predicted molar refractivity (Wildman–Crippen MR) is 98.4 cm³/mol. The monoisotopic (exact) mass is 324 g/mol. The number of hydrogen-bond donors (Lipinski definition) is 4. The predicted octanol–water partition coefficient (Wildman–Crippen LogP) is 3.90. The molecule has 0 aromatic heterocycles. The van der Waals surface area contributed by atoms with Gasteiger partial charge in [-0.2, -0.15) is 10.2 Å². The summed E-state index contributed by atoms with van der Waals surface area (Å²) >= 11 is 0. The van der Waals surface area contributed by atoms with E-state index < -0.39 is 0 Å². The van der Waals surface area contributed by atoms with Gasteiger partial charge in [0.25, 0.3) is 0 Å². The van der Waals surface area contributed by atoms with Crippen LogP contribution in [0.5, 0.6) is 0 Å². The first kappa shape index (κ1) is 17.0. The fourth-order valence-electron chi connectivity index (χ4n) is 2.11. The molecule has 2 aromatic carbocycles. The molecular weight excluding hydrogens is 307 g/mol. The lowest BCUT2D eigenvalue weighted by molar-refractivity contribution is 0.628. The lowest BCUT2D eigenvalue weighted by Crippen LogP contribution is -1.97. The first-order chi connectivity index (χ1) is 11.7. The van der Waals surface area contributed by atoms with Crippen molar-refractivity contribution in [1.82, 2.24) is 0 Å². The van der Waals surface area contributed by atoms with Crippen LogP contribution in [-0.2, 0) is 0 Å². The average molecular weight is 324 g/mol. The molecule has 0 heterocycles. The Hall–Kier alpha value is -3.35. The number of halogens is 1. The normalized spacial score (nSPS) is 10.9. The summed E-state index contributed by atoms with van der Waals surface area (Å²) in [5.41, 5.74) is 9.39. The molecule has 6 nitrogen and oxygen atoms in total. The van der Waals surface area contributed by atoms with Crippen molar-refractivity contribution in [2.24, 2.45) is 10.2 Å². The second kappa shape index (κ2) is 8.33. The van der Waals surface area contributed by atoms with Crippen molar-refractivity contribution in [3.8, 4) is 11.1 Å². The Morgan fingerprint density at radius 3 is 2.33 bits per heavy atom. The average Bonchev–Trinajstić information content (AvgIpc) is 2.58. The molecule has 0 bridgehead atoms. The van der Waals surface area contributed by atoms with Crippen LogP contribution in [0.15, 0.2) is 46.6 Å². The zero-order valence-electron chi connectivity index (χ0n) is 13.0. The maximum absolute atomic E-state index is 13.7. The van der Waals surface area contributed by atoms with E-state index in [2.05, 4.69) is 21.1 Å². The van der Waals surface area contributed by atoms with E-state index in [1.165, 1.54) is 24.6 Å². The highest BCUT2D eigenvalue weighted by molar-refractivity contribution is 6.14. The number of aryl methyl sites for hydroxylation is 1. The molecule has 0 fully saturated rings. The van der Waals surface area contributed by atoms with Gasteiger partial charge in [0.2, 0.25) is 0 Å². The van der Waals surface area contributed by atoms with E-state index in [9.17, 15) is 4.39 Å². The van der Waals surface area contributed by atoms with E-state index in [0.717, 1.165) is 23.6 Å². The quantitative estimate of drug-likeness (QED) is 0.459. The molecule has 0 spiro atoms. The molecule has 122 valence electrons. The van der Waals surface area contributed by atoms with Crippen LogP contribution >= 0.6 is 0 Å². The number of nitrogens with zero attached hydrogens (tertiary/aromatic N) is 2. The van der Waals surface area contributed by atoms with Gasteiger partial charge >= 0.3 is 0 Å². The van der Waals surface area contributed by atoms with Gasteiger partial charge in [-0.1, -0.05) is 6.07 Å². The van der Waals surface area contributed by atoms with Crippen LogP contribution in [-0.4, -0.2) is 24.9 Å². The van der Waals surface area contributed by atoms with E-state index in [4.69, 9.17) is 10.8 Å². The SMILES string of the molecule is Cc1ccc(N/N=C\C=N)cc1-c1cc(F)ccc1N/N=C\C=N. The molecule has 7 heteroatoms. The number of hydrogen-bond acceptors (Lipinski definition) is 6. The molecular formula is C17H17FN6. The molecule has 0 aliphatic rings. The van der Waals surface area contributed by atoms with Crippen LogP contribution in [0.25, 0.3) is 11.1 Å². The highest BCUT2D eigenvalue weighted by atomic mass is 19.1. The van der Waals surface area contributed by atoms with Crippen LogP contribution in [0, 0.1) is 23.6 Å². The van der Waals surface area contributed by atoms with E-state index >= 15 is 0 Å². The van der Waals surface area contributed by atoms with Gasteiger partial charge in [-0.3, -0.25) is 10.9 Å². The van der Waals surface area contributed by atoms with Crippen molar-refractivity contribution in [1.29, 1.82) is 10.8 Å². The molecule has 24 heavy (non-hydrogen) atoms. The van der Waals surface area contributed by atoms with Crippen LogP contribution in [0.3, 0.4) is 0 Å². The van der Waals surface area contributed by atoms with Crippen LogP contribution in [0.4, 0.5) is 15.8 Å². The minimum atomic E-state index is -0.355. The molecule has 0 amide bonds. The van der Waals surface area contributed by atoms with Gasteiger partial charge in [0.15, 0.2) is 0 Å². The number of benzene rings is 2. The summed E-state index contributed by atoms with van der Waals surface area (Å²) in [7, 11) is 0. The van der Waals surface area contributed by atoms with Crippen molar-refractivity contribution >= 4 is 36.2 Å². The number of nitrogens with one attached hydrogen (secondary N) is 4. The molecule has 0 saturated heterocycles. The molecule has 0 aliphatic carbocycles. The molecule has 2 aromatic rings. The van der Waals surface area contributed by atoms with Crippen molar-refractivity contribution in [3.63, 3.8) is 0 Å². The van der Waals surface area contributed by atoms with Gasteiger partial charge in [-0.05, 0) is 48.4 Å². The minimum absolute atomic E-state index is 0.355. The molecule has 0 saturated carbocycles. The Morgan fingerprint density at radius 2 is 1.62 bits per heavy atom. The summed E-state index contributed by atoms with van der Waals surface area (Å²) in [5.74, 6) is -0.355. The second-order valence-corrected chi connectivity index (χ2v) is 4.83. The smallest absolute Gasteiger partial charge is 0.123 e. The Labute approximate surface area is 139 Å². The molecule has 0 unspecified atom stereocenters. The number of anilines is 2. The number of hydrazone groups is 2. The fourth-order valence-corrected chi connectivity index (χ4v) is 2.11. The summed E-state index contributed by atoms with van der Waals surface area (Å²) < 4.78 is 13.7. The van der Waals surface area contributed by atoms with Gasteiger partial charge in [0.05, 0.1) is 23.8 Å². The molecule has 0 atom stereocenters. The van der Waals surface area contributed by atoms with Crippen LogP contribution < -0.4 is 10.9 Å². The Bertz CT molecular complexity index is 798. The third kappa shape index (κ3) is 4.33. The minimum Gasteiger partial charge on any atom is -0.307 e. The fraction of sp³-hybridized carbons (Fsp3) is 0.0588. The molecule has 4 N–H and O–H groups in total. The van der Waals surface area contributed by atoms with Crippen molar-refractivity contribution in [2.75, 3.05) is 10.9 Å². The van der Waals surface area contributed by atoms with E-state index in [1.54, 1.807) is 6.07 Å². The topological polar surface area (TPSA) is 96.5 Å². The van der Waals surface area contributed by atoms with Crippen molar-refractivity contribution in [3.05, 3.63) is 47.8 Å². The Morgan fingerprint density at radius 1 is 0.917 bits per heavy atom. The van der Waals surface area contributed by atoms with E-state index in [0.29, 0.717) is 16.9 Å². The summed E-state index contributed by atoms with van der Waals surface area (Å²) in [5, 5.41) is 21.6. The third-order valence-corrected chi connectivity index (χ3v) is 3.19. The largest absolute Gasteiger partial charge is 0.307 e. The summed E-state index contributed by atoms with van der Waals surface area (Å²) in [4.78, 5) is 0. The highest BCUT2D eigenvalue weighted by Crippen LogP contribution is 2.33. The lowest BCUT2D eigenvalue weighted by atomic mass is 9.98. The van der Waals surface area contributed by atoms with E-state index in [1.807, 2.05) is 25.1 Å². The maximum Gasteiger partial charge on any atom is 0.123 e. The zero-order chi connectivity index (χ0) is 17.4. The van der Waals surface area contributed by atoms with Crippen molar-refractivity contribution in [2.45, 2.75) is 6.92 Å². The van der Waals surface area contributed by atoms with Crippen LogP contribution in [0.2, 0.25) is 0 Å². The summed E-state index contributed by atoms with van der Waals surface area (Å²) in [6.45, 7) is 1.93.